The van der Waals surface area contributed by atoms with Gasteiger partial charge in [0.25, 0.3) is 5.91 Å². The fraction of sp³-hybridized carbons (Fsp3) is 0.500. The van der Waals surface area contributed by atoms with Crippen molar-refractivity contribution >= 4 is 23.5 Å². The average molecular weight is 348 g/mol. The van der Waals surface area contributed by atoms with E-state index < -0.39 is 0 Å². The zero-order valence-corrected chi connectivity index (χ0v) is 15.8. The van der Waals surface area contributed by atoms with Gasteiger partial charge in [-0.25, -0.2) is 4.79 Å². The van der Waals surface area contributed by atoms with Gasteiger partial charge in [-0.2, -0.15) is 0 Å². The Kier molecular flexibility index (Phi) is 6.97. The van der Waals surface area contributed by atoms with Crippen LogP contribution in [0.4, 0.5) is 10.5 Å². The molecule has 0 aromatic heterocycles. The standard InChI is InChI=1S/C18H28N4O3/c1-12(2)19-17(25)20-14-10-8-7-9-13(14)16(24)22(6)11-15(23)21-18(3,4)5/h7-10,12H,11H2,1-6H3,(H,21,23)(H2,19,20,25). The number of nitrogens with one attached hydrogen (secondary N) is 3. The number of nitrogens with zero attached hydrogens (tertiary/aromatic N) is 1. The van der Waals surface area contributed by atoms with Gasteiger partial charge >= 0.3 is 6.03 Å². The molecule has 7 nitrogen and oxygen atoms in total. The second-order valence-corrected chi connectivity index (χ2v) is 7.26. The summed E-state index contributed by atoms with van der Waals surface area (Å²) in [5, 5.41) is 8.19. The Labute approximate surface area is 149 Å². The number of likely N-dealkylation sites (N-methyl/N-ethyl adjacent to an activating group) is 1. The highest BCUT2D eigenvalue weighted by Gasteiger charge is 2.21. The second kappa shape index (κ2) is 8.50. The zero-order chi connectivity index (χ0) is 19.2. The summed E-state index contributed by atoms with van der Waals surface area (Å²) in [4.78, 5) is 37.9. The molecular weight excluding hydrogens is 320 g/mol. The minimum absolute atomic E-state index is 0.0216. The molecule has 1 aromatic carbocycles. The van der Waals surface area contributed by atoms with Crippen LogP contribution in [0.2, 0.25) is 0 Å². The number of urea groups is 1. The van der Waals surface area contributed by atoms with Crippen molar-refractivity contribution in [3.05, 3.63) is 29.8 Å². The Bertz CT molecular complexity index is 635. The summed E-state index contributed by atoms with van der Waals surface area (Å²) in [6.07, 6.45) is 0. The van der Waals surface area contributed by atoms with E-state index in [0.29, 0.717) is 11.3 Å². The molecule has 0 aliphatic heterocycles. The number of hydrogen-bond donors (Lipinski definition) is 3. The van der Waals surface area contributed by atoms with Crippen LogP contribution in [0.5, 0.6) is 0 Å². The van der Waals surface area contributed by atoms with E-state index >= 15 is 0 Å². The Balaban J connectivity index is 2.84. The van der Waals surface area contributed by atoms with Crippen LogP contribution in [0.15, 0.2) is 24.3 Å². The fourth-order valence-corrected chi connectivity index (χ4v) is 2.15. The van der Waals surface area contributed by atoms with Gasteiger partial charge < -0.3 is 20.9 Å². The number of carbonyl (C=O) groups is 3. The maximum absolute atomic E-state index is 12.6. The van der Waals surface area contributed by atoms with Gasteiger partial charge in [0, 0.05) is 18.6 Å². The molecule has 0 aliphatic carbocycles. The molecule has 0 fully saturated rings. The lowest BCUT2D eigenvalue weighted by Gasteiger charge is -2.24. The highest BCUT2D eigenvalue weighted by atomic mass is 16.2. The smallest absolute Gasteiger partial charge is 0.319 e. The lowest BCUT2D eigenvalue weighted by Crippen LogP contribution is -2.46. The third-order valence-electron chi connectivity index (χ3n) is 3.07. The van der Waals surface area contributed by atoms with Crippen LogP contribution in [0, 0.1) is 0 Å². The molecule has 0 saturated heterocycles. The van der Waals surface area contributed by atoms with Crippen molar-refractivity contribution in [3.63, 3.8) is 0 Å². The van der Waals surface area contributed by atoms with Crippen LogP contribution >= 0.6 is 0 Å². The SMILES string of the molecule is CC(C)NC(=O)Nc1ccccc1C(=O)N(C)CC(=O)NC(C)(C)C. The molecule has 4 amide bonds. The Hall–Kier alpha value is -2.57. The first-order chi connectivity index (χ1) is 11.5. The van der Waals surface area contributed by atoms with Crippen molar-refractivity contribution in [1.82, 2.24) is 15.5 Å². The highest BCUT2D eigenvalue weighted by molar-refractivity contribution is 6.04. The summed E-state index contributed by atoms with van der Waals surface area (Å²) in [7, 11) is 1.55. The number of para-hydroxylation sites is 1. The van der Waals surface area contributed by atoms with Gasteiger partial charge in [-0.05, 0) is 46.8 Å². The minimum atomic E-state index is -0.386. The molecule has 25 heavy (non-hydrogen) atoms. The molecule has 7 heteroatoms. The predicted octanol–water partition coefficient (Wildman–Crippen LogP) is 2.20. The van der Waals surface area contributed by atoms with Crippen molar-refractivity contribution in [2.24, 2.45) is 0 Å². The van der Waals surface area contributed by atoms with E-state index in [1.54, 1.807) is 31.3 Å². The van der Waals surface area contributed by atoms with Gasteiger partial charge in [0.2, 0.25) is 5.91 Å². The lowest BCUT2D eigenvalue weighted by atomic mass is 10.1. The summed E-state index contributed by atoms with van der Waals surface area (Å²) in [6.45, 7) is 9.25. The lowest BCUT2D eigenvalue weighted by molar-refractivity contribution is -0.122. The normalized spacial score (nSPS) is 11.0. The second-order valence-electron chi connectivity index (χ2n) is 7.26. The van der Waals surface area contributed by atoms with Crippen LogP contribution in [0.3, 0.4) is 0 Å². The van der Waals surface area contributed by atoms with E-state index in [4.69, 9.17) is 0 Å². The third kappa shape index (κ3) is 7.24. The molecule has 0 aliphatic rings. The number of carbonyl (C=O) groups excluding carboxylic acids is 3. The van der Waals surface area contributed by atoms with Crippen LogP contribution in [-0.4, -0.2) is 47.9 Å². The van der Waals surface area contributed by atoms with E-state index in [1.807, 2.05) is 34.6 Å². The molecule has 0 radical (unpaired) electrons. The predicted molar refractivity (Wildman–Crippen MR) is 98.6 cm³/mol. The van der Waals surface area contributed by atoms with Crippen LogP contribution < -0.4 is 16.0 Å². The van der Waals surface area contributed by atoms with Crippen molar-refractivity contribution in [1.29, 1.82) is 0 Å². The topological polar surface area (TPSA) is 90.5 Å². The number of hydrogen-bond acceptors (Lipinski definition) is 3. The van der Waals surface area contributed by atoms with Crippen LogP contribution in [-0.2, 0) is 4.79 Å². The average Bonchev–Trinajstić information content (AvgIpc) is 2.43. The Morgan fingerprint density at radius 3 is 2.28 bits per heavy atom. The summed E-state index contributed by atoms with van der Waals surface area (Å²) in [5.41, 5.74) is 0.358. The molecule has 3 N–H and O–H groups in total. The van der Waals surface area contributed by atoms with Gasteiger partial charge in [0.15, 0.2) is 0 Å². The van der Waals surface area contributed by atoms with Crippen LogP contribution in [0.1, 0.15) is 45.0 Å². The largest absolute Gasteiger partial charge is 0.350 e. The van der Waals surface area contributed by atoms with Gasteiger partial charge in [-0.1, -0.05) is 12.1 Å². The van der Waals surface area contributed by atoms with Crippen LogP contribution in [0.25, 0.3) is 0 Å². The van der Waals surface area contributed by atoms with Crippen molar-refractivity contribution in [2.75, 3.05) is 18.9 Å². The number of amides is 4. The summed E-state index contributed by atoms with van der Waals surface area (Å²) in [6, 6.07) is 6.30. The Morgan fingerprint density at radius 2 is 1.72 bits per heavy atom. The van der Waals surface area contributed by atoms with Gasteiger partial charge in [0.05, 0.1) is 17.8 Å². The van der Waals surface area contributed by atoms with E-state index in [0.717, 1.165) is 0 Å². The maximum Gasteiger partial charge on any atom is 0.319 e. The molecule has 1 rings (SSSR count). The molecule has 0 saturated carbocycles. The monoisotopic (exact) mass is 348 g/mol. The van der Waals surface area contributed by atoms with E-state index in [1.165, 1.54) is 4.90 Å². The number of anilines is 1. The zero-order valence-electron chi connectivity index (χ0n) is 15.8. The molecule has 0 unspecified atom stereocenters. The first-order valence-corrected chi connectivity index (χ1v) is 8.22. The molecular formula is C18H28N4O3. The van der Waals surface area contributed by atoms with E-state index in [-0.39, 0.29) is 36.0 Å². The summed E-state index contributed by atoms with van der Waals surface area (Å²) >= 11 is 0. The van der Waals surface area contributed by atoms with Gasteiger partial charge in [0.1, 0.15) is 0 Å². The first kappa shape index (κ1) is 20.5. The van der Waals surface area contributed by atoms with E-state index in [9.17, 15) is 14.4 Å². The maximum atomic E-state index is 12.6. The van der Waals surface area contributed by atoms with Gasteiger partial charge in [-0.15, -0.1) is 0 Å². The molecule has 138 valence electrons. The van der Waals surface area contributed by atoms with E-state index in [2.05, 4.69) is 16.0 Å². The molecule has 0 spiro atoms. The summed E-state index contributed by atoms with van der Waals surface area (Å²) < 4.78 is 0. The molecule has 0 bridgehead atoms. The van der Waals surface area contributed by atoms with Gasteiger partial charge in [-0.3, -0.25) is 9.59 Å². The third-order valence-corrected chi connectivity index (χ3v) is 3.07. The molecule has 0 heterocycles. The fourth-order valence-electron chi connectivity index (χ4n) is 2.15. The first-order valence-electron chi connectivity index (χ1n) is 8.22. The quantitative estimate of drug-likeness (QED) is 0.762. The van der Waals surface area contributed by atoms with Crippen molar-refractivity contribution in [2.45, 2.75) is 46.2 Å². The van der Waals surface area contributed by atoms with Crippen molar-refractivity contribution in [3.8, 4) is 0 Å². The molecule has 1 aromatic rings. The molecule has 0 atom stereocenters. The number of rotatable bonds is 5. The Morgan fingerprint density at radius 1 is 1.12 bits per heavy atom. The minimum Gasteiger partial charge on any atom is -0.350 e. The summed E-state index contributed by atoms with van der Waals surface area (Å²) in [5.74, 6) is -0.587. The number of benzene rings is 1. The highest BCUT2D eigenvalue weighted by Crippen LogP contribution is 2.17. The van der Waals surface area contributed by atoms with Crippen molar-refractivity contribution < 1.29 is 14.4 Å².